The molecule has 0 bridgehead atoms. The Labute approximate surface area is 111 Å². The maximum Gasteiger partial charge on any atom is 0.173 e. The predicted octanol–water partition coefficient (Wildman–Crippen LogP) is 1.15. The van der Waals surface area contributed by atoms with Crippen LogP contribution in [-0.2, 0) is 0 Å². The quantitative estimate of drug-likeness (QED) is 0.348. The number of hydrogen-bond acceptors (Lipinski definition) is 6. The highest BCUT2D eigenvalue weighted by atomic mass is 32.2. The van der Waals surface area contributed by atoms with Crippen LogP contribution in [0, 0.1) is 0 Å². The number of rotatable bonds is 6. The van der Waals surface area contributed by atoms with Crippen LogP contribution in [0.25, 0.3) is 0 Å². The van der Waals surface area contributed by atoms with E-state index in [1.807, 2.05) is 11.9 Å². The second-order valence-electron chi connectivity index (χ2n) is 4.00. The van der Waals surface area contributed by atoms with Crippen LogP contribution in [0.2, 0.25) is 0 Å². The first-order valence-corrected chi connectivity index (χ1v) is 7.02. The first-order chi connectivity index (χ1) is 8.61. The Balaban J connectivity index is 2.94. The Kier molecular flexibility index (Phi) is 5.70. The van der Waals surface area contributed by atoms with Gasteiger partial charge in [0.05, 0.1) is 11.8 Å². The number of nitrogens with zero attached hydrogens (tertiary/aromatic N) is 4. The highest BCUT2D eigenvalue weighted by Crippen LogP contribution is 2.18. The smallest absolute Gasteiger partial charge is 0.173 e. The lowest BCUT2D eigenvalue weighted by Crippen LogP contribution is -2.32. The minimum absolute atomic E-state index is 0.0452. The molecule has 1 atom stereocenters. The molecule has 0 radical (unpaired) electrons. The molecule has 1 rings (SSSR count). The van der Waals surface area contributed by atoms with Gasteiger partial charge in [0.2, 0.25) is 0 Å². The lowest BCUT2D eigenvalue weighted by atomic mass is 10.2. The predicted molar refractivity (Wildman–Crippen MR) is 75.4 cm³/mol. The van der Waals surface area contributed by atoms with Crippen molar-refractivity contribution in [1.29, 1.82) is 0 Å². The van der Waals surface area contributed by atoms with E-state index in [9.17, 15) is 0 Å². The number of nitrogens with two attached hydrogens (primary N) is 1. The topological polar surface area (TPSA) is 87.6 Å². The molecule has 1 aromatic heterocycles. The van der Waals surface area contributed by atoms with Crippen molar-refractivity contribution in [2.45, 2.75) is 19.4 Å². The molecule has 0 aromatic carbocycles. The summed E-state index contributed by atoms with van der Waals surface area (Å²) in [7, 11) is 1.93. The van der Waals surface area contributed by atoms with Gasteiger partial charge in [0, 0.05) is 13.1 Å². The maximum atomic E-state index is 8.77. The van der Waals surface area contributed by atoms with Gasteiger partial charge >= 0.3 is 0 Å². The van der Waals surface area contributed by atoms with Crippen molar-refractivity contribution < 1.29 is 5.21 Å². The zero-order valence-electron chi connectivity index (χ0n) is 10.9. The summed E-state index contributed by atoms with van der Waals surface area (Å²) in [6.45, 7) is 2.11. The molecule has 0 aliphatic rings. The summed E-state index contributed by atoms with van der Waals surface area (Å²) in [6.07, 6.45) is 4.64. The minimum atomic E-state index is 0.0452. The van der Waals surface area contributed by atoms with E-state index in [1.54, 1.807) is 17.8 Å². The standard InChI is InChI=1S/C11H19N5OS/c1-8(5-7-18-3)16(2)11-9(10(12)15-17)4-6-13-14-11/h4,6,8,17H,5,7H2,1-3H3,(H2,12,15). The molecule has 1 heterocycles. The van der Waals surface area contributed by atoms with E-state index >= 15 is 0 Å². The molecule has 0 spiro atoms. The van der Waals surface area contributed by atoms with Crippen molar-refractivity contribution in [1.82, 2.24) is 10.2 Å². The zero-order valence-corrected chi connectivity index (χ0v) is 11.7. The molecule has 1 aromatic rings. The van der Waals surface area contributed by atoms with Crippen molar-refractivity contribution in [3.05, 3.63) is 17.8 Å². The van der Waals surface area contributed by atoms with Gasteiger partial charge < -0.3 is 15.8 Å². The lowest BCUT2D eigenvalue weighted by molar-refractivity contribution is 0.318. The molecule has 3 N–H and O–H groups in total. The fraction of sp³-hybridized carbons (Fsp3) is 0.545. The lowest BCUT2D eigenvalue weighted by Gasteiger charge is -2.26. The van der Waals surface area contributed by atoms with E-state index in [0.29, 0.717) is 17.4 Å². The average Bonchev–Trinajstić information content (AvgIpc) is 2.43. The van der Waals surface area contributed by atoms with Crippen LogP contribution in [0.1, 0.15) is 18.9 Å². The third-order valence-corrected chi connectivity index (χ3v) is 3.46. The summed E-state index contributed by atoms with van der Waals surface area (Å²) >= 11 is 1.81. The molecule has 100 valence electrons. The van der Waals surface area contributed by atoms with Gasteiger partial charge in [-0.3, -0.25) is 0 Å². The zero-order chi connectivity index (χ0) is 13.5. The molecule has 6 nitrogen and oxygen atoms in total. The van der Waals surface area contributed by atoms with E-state index in [4.69, 9.17) is 10.9 Å². The number of thioether (sulfide) groups is 1. The fourth-order valence-electron chi connectivity index (χ4n) is 1.53. The molecule has 7 heteroatoms. The molecule has 1 unspecified atom stereocenters. The summed E-state index contributed by atoms with van der Waals surface area (Å²) in [5.74, 6) is 1.75. The largest absolute Gasteiger partial charge is 0.409 e. The second kappa shape index (κ2) is 7.05. The minimum Gasteiger partial charge on any atom is -0.409 e. The van der Waals surface area contributed by atoms with Gasteiger partial charge in [-0.1, -0.05) is 5.16 Å². The Morgan fingerprint density at radius 1 is 1.67 bits per heavy atom. The number of amidine groups is 1. The van der Waals surface area contributed by atoms with Crippen molar-refractivity contribution in [2.75, 3.05) is 24.0 Å². The van der Waals surface area contributed by atoms with Crippen LogP contribution in [0.5, 0.6) is 0 Å². The van der Waals surface area contributed by atoms with Crippen LogP contribution in [0.4, 0.5) is 5.82 Å². The van der Waals surface area contributed by atoms with Gasteiger partial charge in [-0.05, 0) is 31.4 Å². The number of hydrogen-bond donors (Lipinski definition) is 2. The second-order valence-corrected chi connectivity index (χ2v) is 4.98. The van der Waals surface area contributed by atoms with E-state index in [-0.39, 0.29) is 5.84 Å². The van der Waals surface area contributed by atoms with Gasteiger partial charge in [-0.15, -0.1) is 5.10 Å². The Bertz CT molecular complexity index is 412. The first-order valence-electron chi connectivity index (χ1n) is 5.63. The van der Waals surface area contributed by atoms with Crippen LogP contribution in [0.3, 0.4) is 0 Å². The SMILES string of the molecule is CSCCC(C)N(C)c1nnccc1/C(N)=N/O. The highest BCUT2D eigenvalue weighted by Gasteiger charge is 2.17. The molecular weight excluding hydrogens is 250 g/mol. The third kappa shape index (κ3) is 3.49. The molecule has 0 aliphatic heterocycles. The molecule has 0 saturated carbocycles. The summed E-state index contributed by atoms with van der Waals surface area (Å²) < 4.78 is 0. The summed E-state index contributed by atoms with van der Waals surface area (Å²) in [5.41, 5.74) is 6.22. The maximum absolute atomic E-state index is 8.77. The Morgan fingerprint density at radius 3 is 3.00 bits per heavy atom. The highest BCUT2D eigenvalue weighted by molar-refractivity contribution is 7.98. The van der Waals surface area contributed by atoms with Gasteiger partial charge in [0.1, 0.15) is 0 Å². The van der Waals surface area contributed by atoms with Gasteiger partial charge in [0.15, 0.2) is 11.7 Å². The van der Waals surface area contributed by atoms with E-state index in [0.717, 1.165) is 12.2 Å². The number of anilines is 1. The van der Waals surface area contributed by atoms with Gasteiger partial charge in [-0.2, -0.15) is 16.9 Å². The van der Waals surface area contributed by atoms with Crippen LogP contribution in [0.15, 0.2) is 17.4 Å². The normalized spacial score (nSPS) is 13.4. The van der Waals surface area contributed by atoms with E-state index < -0.39 is 0 Å². The molecule has 18 heavy (non-hydrogen) atoms. The first kappa shape index (κ1) is 14.6. The Hall–Kier alpha value is -1.50. The van der Waals surface area contributed by atoms with E-state index in [1.165, 1.54) is 6.20 Å². The fourth-order valence-corrected chi connectivity index (χ4v) is 2.11. The van der Waals surface area contributed by atoms with Crippen molar-refractivity contribution >= 4 is 23.4 Å². The summed E-state index contributed by atoms with van der Waals surface area (Å²) in [5, 5.41) is 19.7. The summed E-state index contributed by atoms with van der Waals surface area (Å²) in [6, 6.07) is 1.99. The van der Waals surface area contributed by atoms with Crippen molar-refractivity contribution in [2.24, 2.45) is 10.9 Å². The van der Waals surface area contributed by atoms with Crippen molar-refractivity contribution in [3.8, 4) is 0 Å². The van der Waals surface area contributed by atoms with Crippen molar-refractivity contribution in [3.63, 3.8) is 0 Å². The van der Waals surface area contributed by atoms with Gasteiger partial charge in [-0.25, -0.2) is 0 Å². The molecule has 0 aliphatic carbocycles. The summed E-state index contributed by atoms with van der Waals surface area (Å²) in [4.78, 5) is 2.00. The number of oxime groups is 1. The average molecular weight is 269 g/mol. The van der Waals surface area contributed by atoms with Gasteiger partial charge in [0.25, 0.3) is 0 Å². The molecule has 0 fully saturated rings. The van der Waals surface area contributed by atoms with E-state index in [2.05, 4.69) is 28.5 Å². The number of aromatic nitrogens is 2. The third-order valence-electron chi connectivity index (χ3n) is 2.82. The van der Waals surface area contributed by atoms with Crippen LogP contribution < -0.4 is 10.6 Å². The molecular formula is C11H19N5OS. The molecule has 0 saturated heterocycles. The monoisotopic (exact) mass is 269 g/mol. The molecule has 0 amide bonds. The van der Waals surface area contributed by atoms with Crippen LogP contribution >= 0.6 is 11.8 Å². The Morgan fingerprint density at radius 2 is 2.39 bits per heavy atom. The van der Waals surface area contributed by atoms with Crippen LogP contribution in [-0.4, -0.2) is 46.3 Å².